The predicted octanol–water partition coefficient (Wildman–Crippen LogP) is 0.212. The van der Waals surface area contributed by atoms with E-state index in [0.29, 0.717) is 13.1 Å². The van der Waals surface area contributed by atoms with Crippen LogP contribution in [0.4, 0.5) is 0 Å². The minimum atomic E-state index is -3.27. The lowest BCUT2D eigenvalue weighted by Gasteiger charge is -2.36. The molecule has 118 valence electrons. The van der Waals surface area contributed by atoms with Crippen LogP contribution in [0.25, 0.3) is 0 Å². The third kappa shape index (κ3) is 5.03. The molecule has 1 amide bonds. The number of nitrogens with one attached hydrogen (secondary N) is 3. The first kappa shape index (κ1) is 17.4. The van der Waals surface area contributed by atoms with Crippen LogP contribution in [0.2, 0.25) is 0 Å². The molecular formula is C13H27N3O3S. The van der Waals surface area contributed by atoms with Crippen molar-refractivity contribution >= 4 is 15.9 Å². The van der Waals surface area contributed by atoms with E-state index in [1.54, 1.807) is 6.92 Å². The summed E-state index contributed by atoms with van der Waals surface area (Å²) >= 11 is 0. The van der Waals surface area contributed by atoms with Gasteiger partial charge in [0.05, 0.1) is 11.2 Å². The number of piperidine rings is 1. The van der Waals surface area contributed by atoms with Crippen molar-refractivity contribution in [3.05, 3.63) is 0 Å². The molecule has 1 atom stereocenters. The average molecular weight is 305 g/mol. The second-order valence-electron chi connectivity index (χ2n) is 5.38. The standard InChI is InChI=1S/C13H27N3O3S/c1-3-6-13(7-5-8-14-11-13)12(17)15-9-10-20(18,19)16-4-2/h14,16H,3-11H2,1-2H3,(H,15,17). The van der Waals surface area contributed by atoms with Gasteiger partial charge in [0.25, 0.3) is 0 Å². The van der Waals surface area contributed by atoms with Crippen LogP contribution < -0.4 is 15.4 Å². The van der Waals surface area contributed by atoms with Crippen LogP contribution in [0.3, 0.4) is 0 Å². The molecule has 20 heavy (non-hydrogen) atoms. The molecule has 1 unspecified atom stereocenters. The van der Waals surface area contributed by atoms with E-state index in [-0.39, 0.29) is 23.6 Å². The Labute approximate surface area is 122 Å². The second kappa shape index (κ2) is 7.95. The summed E-state index contributed by atoms with van der Waals surface area (Å²) in [6, 6.07) is 0. The normalized spacial score (nSPS) is 23.5. The summed E-state index contributed by atoms with van der Waals surface area (Å²) in [7, 11) is -3.27. The van der Waals surface area contributed by atoms with Gasteiger partial charge >= 0.3 is 0 Å². The van der Waals surface area contributed by atoms with Crippen LogP contribution in [0.15, 0.2) is 0 Å². The monoisotopic (exact) mass is 305 g/mol. The van der Waals surface area contributed by atoms with E-state index in [0.717, 1.165) is 32.2 Å². The number of carbonyl (C=O) groups is 1. The van der Waals surface area contributed by atoms with E-state index < -0.39 is 10.0 Å². The number of amides is 1. The molecule has 0 aliphatic carbocycles. The fourth-order valence-electron chi connectivity index (χ4n) is 2.75. The molecular weight excluding hydrogens is 278 g/mol. The first-order valence-corrected chi connectivity index (χ1v) is 9.07. The Bertz CT molecular complexity index is 398. The number of hydrogen-bond acceptors (Lipinski definition) is 4. The molecule has 1 heterocycles. The molecule has 0 radical (unpaired) electrons. The lowest BCUT2D eigenvalue weighted by molar-refractivity contribution is -0.132. The van der Waals surface area contributed by atoms with Crippen molar-refractivity contribution in [2.75, 3.05) is 31.9 Å². The molecule has 0 spiro atoms. The van der Waals surface area contributed by atoms with Gasteiger partial charge in [0.15, 0.2) is 0 Å². The highest BCUT2D eigenvalue weighted by Gasteiger charge is 2.38. The quantitative estimate of drug-likeness (QED) is 0.598. The SMILES string of the molecule is CCCC1(C(=O)NCCS(=O)(=O)NCC)CCCNC1. The van der Waals surface area contributed by atoms with Crippen LogP contribution in [-0.4, -0.2) is 46.3 Å². The topological polar surface area (TPSA) is 87.3 Å². The van der Waals surface area contributed by atoms with Gasteiger partial charge in [-0.05, 0) is 25.8 Å². The maximum Gasteiger partial charge on any atom is 0.227 e. The Morgan fingerprint density at radius 2 is 2.10 bits per heavy atom. The Balaban J connectivity index is 2.51. The van der Waals surface area contributed by atoms with Gasteiger partial charge in [0.2, 0.25) is 15.9 Å². The van der Waals surface area contributed by atoms with E-state index in [4.69, 9.17) is 0 Å². The molecule has 0 saturated carbocycles. The fourth-order valence-corrected chi connectivity index (χ4v) is 3.70. The zero-order valence-electron chi connectivity index (χ0n) is 12.5. The Morgan fingerprint density at radius 3 is 2.65 bits per heavy atom. The van der Waals surface area contributed by atoms with E-state index in [1.807, 2.05) is 0 Å². The Morgan fingerprint density at radius 1 is 1.35 bits per heavy atom. The van der Waals surface area contributed by atoms with Crippen molar-refractivity contribution in [1.29, 1.82) is 0 Å². The van der Waals surface area contributed by atoms with Crippen LogP contribution in [0, 0.1) is 5.41 Å². The van der Waals surface area contributed by atoms with Crippen molar-refractivity contribution in [3.63, 3.8) is 0 Å². The second-order valence-corrected chi connectivity index (χ2v) is 7.31. The Hall–Kier alpha value is -0.660. The van der Waals surface area contributed by atoms with Gasteiger partial charge in [-0.1, -0.05) is 20.3 Å². The van der Waals surface area contributed by atoms with Gasteiger partial charge in [0.1, 0.15) is 0 Å². The number of sulfonamides is 1. The van der Waals surface area contributed by atoms with E-state index >= 15 is 0 Å². The molecule has 0 aromatic carbocycles. The zero-order chi connectivity index (χ0) is 15.1. The average Bonchev–Trinajstić information content (AvgIpc) is 2.39. The third-order valence-electron chi connectivity index (χ3n) is 3.70. The maximum atomic E-state index is 12.4. The summed E-state index contributed by atoms with van der Waals surface area (Å²) in [5.41, 5.74) is -0.366. The summed E-state index contributed by atoms with van der Waals surface area (Å²) < 4.78 is 25.5. The molecule has 7 heteroatoms. The van der Waals surface area contributed by atoms with Gasteiger partial charge in [-0.3, -0.25) is 4.79 Å². The van der Waals surface area contributed by atoms with E-state index in [2.05, 4.69) is 22.3 Å². The molecule has 1 fully saturated rings. The highest BCUT2D eigenvalue weighted by Crippen LogP contribution is 2.31. The lowest BCUT2D eigenvalue weighted by Crippen LogP contribution is -2.51. The molecule has 1 saturated heterocycles. The van der Waals surface area contributed by atoms with Crippen molar-refractivity contribution in [2.24, 2.45) is 5.41 Å². The van der Waals surface area contributed by atoms with Crippen LogP contribution >= 0.6 is 0 Å². The molecule has 0 aromatic rings. The van der Waals surface area contributed by atoms with Crippen molar-refractivity contribution < 1.29 is 13.2 Å². The minimum absolute atomic E-state index is 0.0155. The lowest BCUT2D eigenvalue weighted by atomic mass is 9.76. The number of hydrogen-bond donors (Lipinski definition) is 3. The zero-order valence-corrected chi connectivity index (χ0v) is 13.3. The van der Waals surface area contributed by atoms with Crippen LogP contribution in [-0.2, 0) is 14.8 Å². The smallest absolute Gasteiger partial charge is 0.227 e. The Kier molecular flexibility index (Phi) is 6.91. The summed E-state index contributed by atoms with van der Waals surface area (Å²) in [4.78, 5) is 12.4. The van der Waals surface area contributed by atoms with Crippen LogP contribution in [0.1, 0.15) is 39.5 Å². The molecule has 3 N–H and O–H groups in total. The molecule has 0 aromatic heterocycles. The van der Waals surface area contributed by atoms with Gasteiger partial charge in [-0.25, -0.2) is 13.1 Å². The van der Waals surface area contributed by atoms with Gasteiger partial charge in [0, 0.05) is 19.6 Å². The molecule has 6 nitrogen and oxygen atoms in total. The predicted molar refractivity (Wildman–Crippen MR) is 79.9 cm³/mol. The van der Waals surface area contributed by atoms with Crippen molar-refractivity contribution in [2.45, 2.75) is 39.5 Å². The third-order valence-corrected chi connectivity index (χ3v) is 5.17. The first-order valence-electron chi connectivity index (χ1n) is 7.42. The molecule has 1 rings (SSSR count). The first-order chi connectivity index (χ1) is 9.46. The highest BCUT2D eigenvalue weighted by atomic mass is 32.2. The molecule has 1 aliphatic heterocycles. The van der Waals surface area contributed by atoms with E-state index in [9.17, 15) is 13.2 Å². The molecule has 1 aliphatic rings. The van der Waals surface area contributed by atoms with Gasteiger partial charge in [-0.15, -0.1) is 0 Å². The largest absolute Gasteiger partial charge is 0.355 e. The fraction of sp³-hybridized carbons (Fsp3) is 0.923. The molecule has 0 bridgehead atoms. The highest BCUT2D eigenvalue weighted by molar-refractivity contribution is 7.89. The van der Waals surface area contributed by atoms with Gasteiger partial charge < -0.3 is 10.6 Å². The van der Waals surface area contributed by atoms with E-state index in [1.165, 1.54) is 0 Å². The summed E-state index contributed by atoms with van der Waals surface area (Å²) in [6.45, 7) is 5.99. The van der Waals surface area contributed by atoms with Gasteiger partial charge in [-0.2, -0.15) is 0 Å². The van der Waals surface area contributed by atoms with Crippen molar-refractivity contribution in [3.8, 4) is 0 Å². The maximum absolute atomic E-state index is 12.4. The summed E-state index contributed by atoms with van der Waals surface area (Å²) in [6.07, 6.45) is 3.65. The van der Waals surface area contributed by atoms with Crippen molar-refractivity contribution in [1.82, 2.24) is 15.4 Å². The summed E-state index contributed by atoms with van der Waals surface area (Å²) in [5, 5.41) is 6.07. The van der Waals surface area contributed by atoms with Crippen LogP contribution in [0.5, 0.6) is 0 Å². The minimum Gasteiger partial charge on any atom is -0.355 e. The number of rotatable bonds is 8. The summed E-state index contributed by atoms with van der Waals surface area (Å²) in [5.74, 6) is -0.0828. The number of carbonyl (C=O) groups excluding carboxylic acids is 1.